The van der Waals surface area contributed by atoms with Crippen molar-refractivity contribution in [3.63, 3.8) is 0 Å². The Labute approximate surface area is 97.9 Å². The van der Waals surface area contributed by atoms with Crippen LogP contribution in [-0.4, -0.2) is 4.98 Å². The van der Waals surface area contributed by atoms with Gasteiger partial charge in [-0.1, -0.05) is 11.6 Å². The maximum Gasteiger partial charge on any atom is 0.144 e. The molecule has 0 aliphatic rings. The van der Waals surface area contributed by atoms with Crippen molar-refractivity contribution < 1.29 is 4.74 Å². The Morgan fingerprint density at radius 2 is 1.88 bits per heavy atom. The molecule has 1 heterocycles. The highest BCUT2D eigenvalue weighted by Gasteiger charge is 1.99. The monoisotopic (exact) mass is 230 g/mol. The van der Waals surface area contributed by atoms with Crippen LogP contribution in [0.15, 0.2) is 42.6 Å². The number of ether oxygens (including phenoxy) is 1. The number of benzene rings is 1. The van der Waals surface area contributed by atoms with E-state index in [1.165, 1.54) is 6.20 Å². The summed E-state index contributed by atoms with van der Waals surface area (Å²) < 4.78 is 5.53. The van der Waals surface area contributed by atoms with Gasteiger partial charge >= 0.3 is 0 Å². The zero-order valence-electron chi connectivity index (χ0n) is 8.22. The van der Waals surface area contributed by atoms with Crippen molar-refractivity contribution in [3.05, 3.63) is 53.3 Å². The molecule has 78 valence electrons. The molecule has 0 amide bonds. The first-order valence-electron chi connectivity index (χ1n) is 4.57. The third-order valence-corrected chi connectivity index (χ3v) is 2.15. The largest absolute Gasteiger partial charge is 0.457 e. The lowest BCUT2D eigenvalue weighted by atomic mass is 10.3. The van der Waals surface area contributed by atoms with Crippen molar-refractivity contribution >= 4 is 11.6 Å². The smallest absolute Gasteiger partial charge is 0.144 e. The van der Waals surface area contributed by atoms with Gasteiger partial charge in [-0.2, -0.15) is 5.26 Å². The predicted molar refractivity (Wildman–Crippen MR) is 60.5 cm³/mol. The highest BCUT2D eigenvalue weighted by atomic mass is 35.5. The number of hydrogen-bond acceptors (Lipinski definition) is 3. The molecule has 0 atom stereocenters. The fourth-order valence-corrected chi connectivity index (χ4v) is 1.30. The van der Waals surface area contributed by atoms with E-state index in [0.717, 1.165) is 0 Å². The first kappa shape index (κ1) is 10.5. The Morgan fingerprint density at radius 1 is 1.12 bits per heavy atom. The van der Waals surface area contributed by atoms with Crippen molar-refractivity contribution in [1.82, 2.24) is 4.98 Å². The van der Waals surface area contributed by atoms with Crippen LogP contribution in [-0.2, 0) is 0 Å². The van der Waals surface area contributed by atoms with E-state index in [1.54, 1.807) is 36.4 Å². The van der Waals surface area contributed by atoms with Gasteiger partial charge in [0.25, 0.3) is 0 Å². The number of halogens is 1. The number of rotatable bonds is 2. The second kappa shape index (κ2) is 4.65. The summed E-state index contributed by atoms with van der Waals surface area (Å²) in [7, 11) is 0. The van der Waals surface area contributed by atoms with E-state index < -0.39 is 0 Å². The summed E-state index contributed by atoms with van der Waals surface area (Å²) in [6, 6.07) is 12.2. The van der Waals surface area contributed by atoms with Crippen molar-refractivity contribution in [2.45, 2.75) is 0 Å². The molecule has 0 saturated carbocycles. The molecular weight excluding hydrogens is 224 g/mol. The van der Waals surface area contributed by atoms with E-state index in [2.05, 4.69) is 4.98 Å². The zero-order chi connectivity index (χ0) is 11.4. The van der Waals surface area contributed by atoms with E-state index in [9.17, 15) is 0 Å². The third-order valence-electron chi connectivity index (χ3n) is 1.90. The molecular formula is C12H7ClN2O. The lowest BCUT2D eigenvalue weighted by Crippen LogP contribution is -1.86. The van der Waals surface area contributed by atoms with Gasteiger partial charge in [0.2, 0.25) is 0 Å². The van der Waals surface area contributed by atoms with Crippen LogP contribution in [0, 0.1) is 11.3 Å². The molecule has 2 aromatic rings. The predicted octanol–water partition coefficient (Wildman–Crippen LogP) is 3.40. The lowest BCUT2D eigenvalue weighted by molar-refractivity contribution is 0.481. The van der Waals surface area contributed by atoms with Gasteiger partial charge in [0.05, 0.1) is 0 Å². The fraction of sp³-hybridized carbons (Fsp3) is 0. The van der Waals surface area contributed by atoms with E-state index in [1.807, 2.05) is 6.07 Å². The summed E-state index contributed by atoms with van der Waals surface area (Å²) >= 11 is 5.75. The fourth-order valence-electron chi connectivity index (χ4n) is 1.17. The first-order valence-corrected chi connectivity index (χ1v) is 4.95. The number of hydrogen-bond donors (Lipinski definition) is 0. The van der Waals surface area contributed by atoms with Crippen LogP contribution in [0.1, 0.15) is 5.69 Å². The minimum atomic E-state index is 0.325. The second-order valence-corrected chi connectivity index (χ2v) is 3.48. The minimum Gasteiger partial charge on any atom is -0.457 e. The van der Waals surface area contributed by atoms with E-state index in [-0.39, 0.29) is 0 Å². The maximum absolute atomic E-state index is 8.68. The lowest BCUT2D eigenvalue weighted by Gasteiger charge is -2.04. The van der Waals surface area contributed by atoms with Crippen LogP contribution in [0.25, 0.3) is 0 Å². The van der Waals surface area contributed by atoms with E-state index in [0.29, 0.717) is 22.2 Å². The molecule has 0 spiro atoms. The molecule has 0 bridgehead atoms. The molecule has 1 aromatic carbocycles. The van der Waals surface area contributed by atoms with Gasteiger partial charge in [0, 0.05) is 17.3 Å². The molecule has 0 saturated heterocycles. The summed E-state index contributed by atoms with van der Waals surface area (Å²) in [5.41, 5.74) is 0.325. The van der Waals surface area contributed by atoms with Crippen LogP contribution in [0.4, 0.5) is 0 Å². The van der Waals surface area contributed by atoms with Crippen molar-refractivity contribution in [3.8, 4) is 17.6 Å². The highest BCUT2D eigenvalue weighted by Crippen LogP contribution is 2.22. The van der Waals surface area contributed by atoms with Crippen LogP contribution in [0.5, 0.6) is 11.5 Å². The van der Waals surface area contributed by atoms with Gasteiger partial charge in [0.15, 0.2) is 0 Å². The molecule has 0 aliphatic heterocycles. The average molecular weight is 231 g/mol. The Morgan fingerprint density at radius 3 is 2.56 bits per heavy atom. The summed E-state index contributed by atoms with van der Waals surface area (Å²) in [6.45, 7) is 0. The Balaban J connectivity index is 2.21. The van der Waals surface area contributed by atoms with Gasteiger partial charge in [-0.15, -0.1) is 0 Å². The quantitative estimate of drug-likeness (QED) is 0.794. The molecule has 0 radical (unpaired) electrons. The molecule has 0 fully saturated rings. The summed E-state index contributed by atoms with van der Waals surface area (Å²) in [6.07, 6.45) is 1.53. The molecule has 4 heteroatoms. The molecule has 0 aliphatic carbocycles. The van der Waals surface area contributed by atoms with Crippen molar-refractivity contribution in [2.24, 2.45) is 0 Å². The van der Waals surface area contributed by atoms with Gasteiger partial charge in [-0.05, 0) is 30.3 Å². The molecule has 0 unspecified atom stereocenters. The standard InChI is InChI=1S/C12H7ClN2O/c13-9-1-3-11(4-2-9)16-12-5-6-15-10(7-12)8-14/h1-7H. The second-order valence-electron chi connectivity index (χ2n) is 3.04. The summed E-state index contributed by atoms with van der Waals surface area (Å²) in [4.78, 5) is 3.85. The van der Waals surface area contributed by atoms with Crippen LogP contribution in [0.2, 0.25) is 5.02 Å². The van der Waals surface area contributed by atoms with Crippen LogP contribution >= 0.6 is 11.6 Å². The first-order chi connectivity index (χ1) is 7.78. The SMILES string of the molecule is N#Cc1cc(Oc2ccc(Cl)cc2)ccn1. The topological polar surface area (TPSA) is 45.9 Å². The van der Waals surface area contributed by atoms with Crippen LogP contribution < -0.4 is 4.74 Å². The number of aromatic nitrogens is 1. The average Bonchev–Trinajstić information content (AvgIpc) is 2.32. The molecule has 3 nitrogen and oxygen atoms in total. The Hall–Kier alpha value is -2.05. The van der Waals surface area contributed by atoms with Crippen molar-refractivity contribution in [1.29, 1.82) is 5.26 Å². The number of pyridine rings is 1. The van der Waals surface area contributed by atoms with Gasteiger partial charge in [-0.3, -0.25) is 0 Å². The minimum absolute atomic E-state index is 0.325. The summed E-state index contributed by atoms with van der Waals surface area (Å²) in [5.74, 6) is 1.24. The normalized spacial score (nSPS) is 9.50. The van der Waals surface area contributed by atoms with Crippen LogP contribution in [0.3, 0.4) is 0 Å². The van der Waals surface area contributed by atoms with Crippen molar-refractivity contribution in [2.75, 3.05) is 0 Å². The molecule has 0 N–H and O–H groups in total. The number of nitrogens with zero attached hydrogens (tertiary/aromatic N) is 2. The highest BCUT2D eigenvalue weighted by molar-refractivity contribution is 6.30. The van der Waals surface area contributed by atoms with E-state index in [4.69, 9.17) is 21.6 Å². The maximum atomic E-state index is 8.68. The van der Waals surface area contributed by atoms with Gasteiger partial charge in [-0.25, -0.2) is 4.98 Å². The molecule has 16 heavy (non-hydrogen) atoms. The van der Waals surface area contributed by atoms with E-state index >= 15 is 0 Å². The zero-order valence-corrected chi connectivity index (χ0v) is 8.98. The summed E-state index contributed by atoms with van der Waals surface area (Å²) in [5, 5.41) is 9.33. The van der Waals surface area contributed by atoms with Gasteiger partial charge < -0.3 is 4.74 Å². The third kappa shape index (κ3) is 2.50. The number of nitriles is 1. The molecule has 2 rings (SSSR count). The molecule has 1 aromatic heterocycles. The Bertz CT molecular complexity index is 531. The van der Waals surface area contributed by atoms with Gasteiger partial charge in [0.1, 0.15) is 23.3 Å². The Kier molecular flexibility index (Phi) is 3.04.